The smallest absolute Gasteiger partial charge is 0.198 e. The Labute approximate surface area is 165 Å². The number of benzene rings is 2. The third kappa shape index (κ3) is 3.68. The van der Waals surface area contributed by atoms with E-state index in [4.69, 9.17) is 16.1 Å². The second kappa shape index (κ2) is 7.50. The summed E-state index contributed by atoms with van der Waals surface area (Å²) in [6.07, 6.45) is 5.56. The predicted molar refractivity (Wildman–Crippen MR) is 105 cm³/mol. The molecule has 1 aliphatic carbocycles. The Balaban J connectivity index is 1.83. The van der Waals surface area contributed by atoms with Gasteiger partial charge in [0.25, 0.3) is 0 Å². The lowest BCUT2D eigenvalue weighted by Gasteiger charge is -2.16. The molecular formula is C21H18ClNO3S. The number of ketones is 1. The molecule has 27 heavy (non-hydrogen) atoms. The fourth-order valence-electron chi connectivity index (χ4n) is 3.30. The van der Waals surface area contributed by atoms with Crippen molar-refractivity contribution < 1.29 is 13.9 Å². The topological polar surface area (TPSA) is 66.2 Å². The summed E-state index contributed by atoms with van der Waals surface area (Å²) < 4.78 is 17.7. The van der Waals surface area contributed by atoms with E-state index >= 15 is 0 Å². The molecule has 138 valence electrons. The lowest BCUT2D eigenvalue weighted by molar-refractivity contribution is 0.103. The van der Waals surface area contributed by atoms with E-state index in [9.17, 15) is 9.35 Å². The van der Waals surface area contributed by atoms with Crippen LogP contribution in [0.4, 0.5) is 0 Å². The highest BCUT2D eigenvalue weighted by Crippen LogP contribution is 2.42. The molecule has 3 aromatic rings. The van der Waals surface area contributed by atoms with Crippen molar-refractivity contribution >= 4 is 28.6 Å². The summed E-state index contributed by atoms with van der Waals surface area (Å²) in [4.78, 5) is 13.8. The molecule has 0 amide bonds. The molecule has 1 saturated carbocycles. The van der Waals surface area contributed by atoms with Crippen molar-refractivity contribution in [3.8, 4) is 0 Å². The maximum absolute atomic E-state index is 13.3. The highest BCUT2D eigenvalue weighted by atomic mass is 35.5. The molecule has 2 aromatic carbocycles. The third-order valence-corrected chi connectivity index (χ3v) is 6.23. The molecule has 0 radical (unpaired) electrons. The van der Waals surface area contributed by atoms with Crippen LogP contribution in [0.2, 0.25) is 5.02 Å². The Kier molecular flexibility index (Phi) is 5.08. The first kappa shape index (κ1) is 18.3. The largest absolute Gasteiger partial charge is 0.612 e. The predicted octanol–water partition coefficient (Wildman–Crippen LogP) is 4.76. The zero-order valence-electron chi connectivity index (χ0n) is 14.8. The van der Waals surface area contributed by atoms with E-state index in [0.29, 0.717) is 38.8 Å². The number of hydrogen-bond donors (Lipinski definition) is 0. The maximum Gasteiger partial charge on any atom is 0.198 e. The van der Waals surface area contributed by atoms with Gasteiger partial charge in [0.05, 0.1) is 16.8 Å². The van der Waals surface area contributed by atoms with Crippen LogP contribution in [0.1, 0.15) is 51.6 Å². The number of carbonyl (C=O) groups is 1. The van der Waals surface area contributed by atoms with Gasteiger partial charge in [-0.3, -0.25) is 4.79 Å². The molecule has 1 aromatic heterocycles. The SMILES string of the molecule is C[S+]([O-])c1c(Cl)ccc(C(=O)c2cnoc2C2CC2)c1Cc1ccccc1. The van der Waals surface area contributed by atoms with Crippen molar-refractivity contribution in [2.45, 2.75) is 30.1 Å². The Morgan fingerprint density at radius 3 is 2.63 bits per heavy atom. The molecule has 0 bridgehead atoms. The summed E-state index contributed by atoms with van der Waals surface area (Å²) in [5.74, 6) is 0.767. The molecule has 0 aliphatic heterocycles. The summed E-state index contributed by atoms with van der Waals surface area (Å²) in [5, 5.41) is 4.25. The number of halogens is 1. The number of aromatic nitrogens is 1. The molecule has 4 nitrogen and oxygen atoms in total. The maximum atomic E-state index is 13.3. The van der Waals surface area contributed by atoms with Gasteiger partial charge in [-0.1, -0.05) is 47.1 Å². The minimum Gasteiger partial charge on any atom is -0.612 e. The van der Waals surface area contributed by atoms with Crippen LogP contribution in [0.5, 0.6) is 0 Å². The van der Waals surface area contributed by atoms with Crippen molar-refractivity contribution in [1.29, 1.82) is 0 Å². The molecule has 0 saturated heterocycles. The zero-order valence-corrected chi connectivity index (χ0v) is 16.3. The van der Waals surface area contributed by atoms with Crippen LogP contribution in [0, 0.1) is 0 Å². The minimum atomic E-state index is -1.32. The van der Waals surface area contributed by atoms with Crippen LogP contribution in [0.3, 0.4) is 0 Å². The van der Waals surface area contributed by atoms with Crippen LogP contribution < -0.4 is 0 Å². The van der Waals surface area contributed by atoms with Crippen molar-refractivity contribution in [2.24, 2.45) is 0 Å². The zero-order chi connectivity index (χ0) is 19.0. The highest BCUT2D eigenvalue weighted by molar-refractivity contribution is 7.90. The van der Waals surface area contributed by atoms with E-state index in [2.05, 4.69) is 5.16 Å². The lowest BCUT2D eigenvalue weighted by atomic mass is 9.94. The van der Waals surface area contributed by atoms with E-state index < -0.39 is 11.2 Å². The van der Waals surface area contributed by atoms with Gasteiger partial charge in [0.2, 0.25) is 0 Å². The molecule has 0 N–H and O–H groups in total. The summed E-state index contributed by atoms with van der Waals surface area (Å²) >= 11 is 5.02. The Bertz CT molecular complexity index is 980. The van der Waals surface area contributed by atoms with Gasteiger partial charge in [-0.25, -0.2) is 0 Å². The normalized spacial score (nSPS) is 14.9. The third-order valence-electron chi connectivity index (χ3n) is 4.76. The van der Waals surface area contributed by atoms with Gasteiger partial charge in [-0.05, 0) is 41.7 Å². The monoisotopic (exact) mass is 399 g/mol. The number of nitrogens with zero attached hydrogens (tertiary/aromatic N) is 1. The Morgan fingerprint density at radius 2 is 1.96 bits per heavy atom. The molecule has 4 rings (SSSR count). The van der Waals surface area contributed by atoms with Crippen LogP contribution in [0.25, 0.3) is 0 Å². The fraction of sp³-hybridized carbons (Fsp3) is 0.238. The average Bonchev–Trinajstić information content (AvgIpc) is 3.38. The van der Waals surface area contributed by atoms with E-state index in [1.807, 2.05) is 30.3 Å². The van der Waals surface area contributed by atoms with Gasteiger partial charge in [0.15, 0.2) is 16.4 Å². The summed E-state index contributed by atoms with van der Waals surface area (Å²) in [5.41, 5.74) is 2.70. The van der Waals surface area contributed by atoms with E-state index in [1.165, 1.54) is 6.20 Å². The molecule has 6 heteroatoms. The lowest BCUT2D eigenvalue weighted by Crippen LogP contribution is -2.13. The second-order valence-electron chi connectivity index (χ2n) is 6.73. The van der Waals surface area contributed by atoms with Crippen LogP contribution in [0.15, 0.2) is 58.1 Å². The van der Waals surface area contributed by atoms with Gasteiger partial charge >= 0.3 is 0 Å². The van der Waals surface area contributed by atoms with Crippen molar-refractivity contribution in [1.82, 2.24) is 5.16 Å². The molecule has 0 spiro atoms. The molecular weight excluding hydrogens is 382 g/mol. The van der Waals surface area contributed by atoms with Crippen LogP contribution >= 0.6 is 11.6 Å². The summed E-state index contributed by atoms with van der Waals surface area (Å²) in [6, 6.07) is 13.1. The minimum absolute atomic E-state index is 0.160. The molecule has 1 unspecified atom stereocenters. The van der Waals surface area contributed by atoms with Gasteiger partial charge in [0, 0.05) is 23.5 Å². The second-order valence-corrected chi connectivity index (χ2v) is 8.45. The van der Waals surface area contributed by atoms with Crippen molar-refractivity contribution in [3.05, 3.63) is 81.7 Å². The van der Waals surface area contributed by atoms with Crippen molar-refractivity contribution in [3.63, 3.8) is 0 Å². The molecule has 1 aliphatic rings. The first-order valence-electron chi connectivity index (χ1n) is 8.74. The Morgan fingerprint density at radius 1 is 1.22 bits per heavy atom. The highest BCUT2D eigenvalue weighted by Gasteiger charge is 2.34. The van der Waals surface area contributed by atoms with Gasteiger partial charge in [-0.2, -0.15) is 0 Å². The first-order valence-corrected chi connectivity index (χ1v) is 10.7. The number of rotatable bonds is 6. The van der Waals surface area contributed by atoms with Crippen LogP contribution in [-0.4, -0.2) is 21.7 Å². The van der Waals surface area contributed by atoms with Gasteiger partial charge in [0.1, 0.15) is 6.26 Å². The Hall–Kier alpha value is -2.08. The molecule has 1 fully saturated rings. The van der Waals surface area contributed by atoms with E-state index in [1.54, 1.807) is 18.4 Å². The van der Waals surface area contributed by atoms with E-state index in [-0.39, 0.29) is 11.7 Å². The molecule has 1 atom stereocenters. The van der Waals surface area contributed by atoms with Crippen molar-refractivity contribution in [2.75, 3.05) is 6.26 Å². The molecule has 1 heterocycles. The number of carbonyl (C=O) groups excluding carboxylic acids is 1. The quantitative estimate of drug-likeness (QED) is 0.442. The first-order chi connectivity index (χ1) is 13.1. The fourth-order valence-corrected chi connectivity index (χ4v) is 4.68. The summed E-state index contributed by atoms with van der Waals surface area (Å²) in [6.45, 7) is 0. The standard InChI is InChI=1S/C21H18ClNO3S/c1-27(25)21-16(11-13-5-3-2-4-6-13)15(9-10-18(21)22)19(24)17-12-23-26-20(17)14-7-8-14/h2-6,9-10,12,14H,7-8,11H2,1H3. The van der Waals surface area contributed by atoms with Crippen LogP contribution in [-0.2, 0) is 17.6 Å². The number of hydrogen-bond acceptors (Lipinski definition) is 4. The van der Waals surface area contributed by atoms with Gasteiger partial charge < -0.3 is 9.08 Å². The average molecular weight is 400 g/mol. The summed E-state index contributed by atoms with van der Waals surface area (Å²) in [7, 11) is 0. The van der Waals surface area contributed by atoms with E-state index in [0.717, 1.165) is 18.4 Å². The van der Waals surface area contributed by atoms with Gasteiger partial charge in [-0.15, -0.1) is 0 Å².